The van der Waals surface area contributed by atoms with Crippen LogP contribution in [0.2, 0.25) is 0 Å². The molecule has 15 heavy (non-hydrogen) atoms. The molecule has 2 N–H and O–H groups in total. The first-order chi connectivity index (χ1) is 7.17. The molecule has 0 radical (unpaired) electrons. The number of carbonyl (C=O) groups excluding carboxylic acids is 1. The number of β-amino-alcohol motifs (C(OH)–C–C–N with tert-alkyl or cyclic N) is 1. The third-order valence-corrected chi connectivity index (χ3v) is 2.91. The average Bonchev–Trinajstić information content (AvgIpc) is 2.22. The molecule has 0 saturated carbocycles. The topological polar surface area (TPSA) is 58.6 Å². The fourth-order valence-electron chi connectivity index (χ4n) is 2.00. The van der Waals surface area contributed by atoms with Crippen LogP contribution in [0.5, 0.6) is 0 Å². The Bertz CT molecular complexity index is 242. The highest BCUT2D eigenvalue weighted by Crippen LogP contribution is 2.34. The monoisotopic (exact) mass is 213 g/mol. The highest BCUT2D eigenvalue weighted by atomic mass is 16.5. The molecule has 1 heterocycles. The minimum absolute atomic E-state index is 0.307. The van der Waals surface area contributed by atoms with Gasteiger partial charge in [-0.2, -0.15) is 0 Å². The number of allylic oxidation sites excluding steroid dienone is 1. The number of esters is 1. The van der Waals surface area contributed by atoms with Crippen molar-refractivity contribution >= 4 is 5.97 Å². The number of rotatable bonds is 4. The van der Waals surface area contributed by atoms with E-state index in [1.54, 1.807) is 13.0 Å². The number of hydrogen-bond donors (Lipinski definition) is 2. The molecule has 86 valence electrons. The van der Waals surface area contributed by atoms with Crippen LogP contribution < -0.4 is 5.32 Å². The fraction of sp³-hybridized carbons (Fsp3) is 0.727. The van der Waals surface area contributed by atoms with E-state index in [2.05, 4.69) is 11.9 Å². The first-order valence-corrected chi connectivity index (χ1v) is 5.34. The Labute approximate surface area is 90.3 Å². The van der Waals surface area contributed by atoms with E-state index >= 15 is 0 Å². The van der Waals surface area contributed by atoms with Crippen molar-refractivity contribution < 1.29 is 14.6 Å². The Morgan fingerprint density at radius 1 is 1.80 bits per heavy atom. The predicted octanol–water partition coefficient (Wildman–Crippen LogP) is 0.466. The van der Waals surface area contributed by atoms with Crippen molar-refractivity contribution in [2.24, 2.45) is 5.41 Å². The zero-order valence-corrected chi connectivity index (χ0v) is 9.16. The number of nitrogens with one attached hydrogen (secondary N) is 1. The summed E-state index contributed by atoms with van der Waals surface area (Å²) in [6, 6.07) is 0. The summed E-state index contributed by atoms with van der Waals surface area (Å²) >= 11 is 0. The molecule has 1 saturated heterocycles. The molecule has 0 spiro atoms. The number of carbonyl (C=O) groups is 1. The van der Waals surface area contributed by atoms with Gasteiger partial charge in [0.1, 0.15) is 0 Å². The minimum atomic E-state index is -0.789. The molecule has 2 atom stereocenters. The SMILES string of the molecule is C=CCC1(C(=O)OCC)CCNCC1O. The number of hydrogen-bond acceptors (Lipinski definition) is 4. The van der Waals surface area contributed by atoms with Crippen molar-refractivity contribution in [3.8, 4) is 0 Å². The van der Waals surface area contributed by atoms with Gasteiger partial charge in [-0.1, -0.05) is 6.08 Å². The van der Waals surface area contributed by atoms with E-state index < -0.39 is 11.5 Å². The quantitative estimate of drug-likeness (QED) is 0.526. The maximum atomic E-state index is 11.9. The van der Waals surface area contributed by atoms with Gasteiger partial charge in [0.15, 0.2) is 0 Å². The number of aliphatic hydroxyl groups is 1. The van der Waals surface area contributed by atoms with Gasteiger partial charge >= 0.3 is 5.97 Å². The van der Waals surface area contributed by atoms with Gasteiger partial charge in [0.25, 0.3) is 0 Å². The summed E-state index contributed by atoms with van der Waals surface area (Å²) in [5.74, 6) is -0.307. The molecule has 0 bridgehead atoms. The van der Waals surface area contributed by atoms with Gasteiger partial charge < -0.3 is 15.2 Å². The van der Waals surface area contributed by atoms with Gasteiger partial charge in [-0.15, -0.1) is 6.58 Å². The van der Waals surface area contributed by atoms with Crippen molar-refractivity contribution in [3.05, 3.63) is 12.7 Å². The second-order valence-corrected chi connectivity index (χ2v) is 3.84. The molecule has 0 aromatic rings. The van der Waals surface area contributed by atoms with Crippen molar-refractivity contribution in [1.29, 1.82) is 0 Å². The second kappa shape index (κ2) is 5.28. The molecule has 2 unspecified atom stereocenters. The molecule has 0 aromatic carbocycles. The standard InChI is InChI=1S/C11H19NO3/c1-3-5-11(10(14)15-4-2)6-7-12-8-9(11)13/h3,9,12-13H,1,4-8H2,2H3. The van der Waals surface area contributed by atoms with E-state index in [0.717, 1.165) is 6.54 Å². The van der Waals surface area contributed by atoms with Crippen LogP contribution in [0.4, 0.5) is 0 Å². The van der Waals surface area contributed by atoms with Crippen LogP contribution in [-0.4, -0.2) is 36.9 Å². The van der Waals surface area contributed by atoms with Crippen LogP contribution in [0.1, 0.15) is 19.8 Å². The summed E-state index contributed by atoms with van der Waals surface area (Å²) in [6.45, 7) is 6.92. The van der Waals surface area contributed by atoms with Crippen molar-refractivity contribution in [2.45, 2.75) is 25.9 Å². The molecule has 1 fully saturated rings. The zero-order valence-electron chi connectivity index (χ0n) is 9.16. The summed E-state index contributed by atoms with van der Waals surface area (Å²) < 4.78 is 5.03. The molecule has 4 nitrogen and oxygen atoms in total. The Balaban J connectivity index is 2.84. The van der Waals surface area contributed by atoms with E-state index in [1.807, 2.05) is 0 Å². The molecule has 1 rings (SSSR count). The molecule has 4 heteroatoms. The maximum Gasteiger partial charge on any atom is 0.315 e. The third-order valence-electron chi connectivity index (χ3n) is 2.91. The normalized spacial score (nSPS) is 30.9. The first-order valence-electron chi connectivity index (χ1n) is 5.34. The zero-order chi connectivity index (χ0) is 11.3. The van der Waals surface area contributed by atoms with E-state index in [0.29, 0.717) is 26.0 Å². The number of aliphatic hydroxyl groups excluding tert-OH is 1. The Morgan fingerprint density at radius 2 is 2.53 bits per heavy atom. The first kappa shape index (κ1) is 12.2. The van der Waals surface area contributed by atoms with Crippen LogP contribution in [0.3, 0.4) is 0 Å². The summed E-state index contributed by atoms with van der Waals surface area (Å²) in [5, 5.41) is 13.0. The summed E-state index contributed by atoms with van der Waals surface area (Å²) in [4.78, 5) is 11.9. The van der Waals surface area contributed by atoms with Crippen molar-refractivity contribution in [1.82, 2.24) is 5.32 Å². The number of ether oxygens (including phenoxy) is 1. The summed E-state index contributed by atoms with van der Waals surface area (Å²) in [7, 11) is 0. The lowest BCUT2D eigenvalue weighted by Crippen LogP contribution is -2.53. The average molecular weight is 213 g/mol. The smallest absolute Gasteiger partial charge is 0.315 e. The molecule has 1 aliphatic rings. The van der Waals surface area contributed by atoms with E-state index in [1.165, 1.54) is 0 Å². The summed E-state index contributed by atoms with van der Waals surface area (Å²) in [5.41, 5.74) is -0.789. The van der Waals surface area contributed by atoms with Gasteiger partial charge in [0.05, 0.1) is 18.1 Å². The fourth-order valence-corrected chi connectivity index (χ4v) is 2.00. The molecule has 1 aliphatic heterocycles. The van der Waals surface area contributed by atoms with Gasteiger partial charge in [0.2, 0.25) is 0 Å². The lowest BCUT2D eigenvalue weighted by Gasteiger charge is -2.38. The molecular formula is C11H19NO3. The Kier molecular flexibility index (Phi) is 4.29. The summed E-state index contributed by atoms with van der Waals surface area (Å²) in [6.07, 6.45) is 2.04. The minimum Gasteiger partial charge on any atom is -0.465 e. The van der Waals surface area contributed by atoms with Gasteiger partial charge in [-0.25, -0.2) is 0 Å². The highest BCUT2D eigenvalue weighted by molar-refractivity contribution is 5.78. The number of piperidine rings is 1. The second-order valence-electron chi connectivity index (χ2n) is 3.84. The Hall–Kier alpha value is -0.870. The van der Waals surface area contributed by atoms with E-state index in [9.17, 15) is 9.90 Å². The predicted molar refractivity (Wildman–Crippen MR) is 57.4 cm³/mol. The van der Waals surface area contributed by atoms with E-state index in [-0.39, 0.29) is 5.97 Å². The van der Waals surface area contributed by atoms with Crippen LogP contribution in [0.15, 0.2) is 12.7 Å². The van der Waals surface area contributed by atoms with Crippen molar-refractivity contribution in [3.63, 3.8) is 0 Å². The lowest BCUT2D eigenvalue weighted by molar-refractivity contribution is -0.165. The molecular weight excluding hydrogens is 194 g/mol. The van der Waals surface area contributed by atoms with E-state index in [4.69, 9.17) is 4.74 Å². The molecule has 0 amide bonds. The van der Waals surface area contributed by atoms with Gasteiger partial charge in [0, 0.05) is 6.54 Å². The third kappa shape index (κ3) is 2.38. The van der Waals surface area contributed by atoms with Gasteiger partial charge in [-0.3, -0.25) is 4.79 Å². The lowest BCUT2D eigenvalue weighted by atomic mass is 9.74. The van der Waals surface area contributed by atoms with Crippen LogP contribution in [0.25, 0.3) is 0 Å². The molecule has 0 aromatic heterocycles. The Morgan fingerprint density at radius 3 is 3.07 bits per heavy atom. The van der Waals surface area contributed by atoms with Crippen molar-refractivity contribution in [2.75, 3.05) is 19.7 Å². The van der Waals surface area contributed by atoms with Crippen LogP contribution in [-0.2, 0) is 9.53 Å². The van der Waals surface area contributed by atoms with Crippen LogP contribution in [0, 0.1) is 5.41 Å². The van der Waals surface area contributed by atoms with Crippen LogP contribution >= 0.6 is 0 Å². The van der Waals surface area contributed by atoms with Gasteiger partial charge in [-0.05, 0) is 26.3 Å². The largest absolute Gasteiger partial charge is 0.465 e. The maximum absolute atomic E-state index is 11.9. The molecule has 0 aliphatic carbocycles. The highest BCUT2D eigenvalue weighted by Gasteiger charge is 2.46.